The normalized spacial score (nSPS) is 12.1. The van der Waals surface area contributed by atoms with E-state index in [4.69, 9.17) is 23.2 Å². The van der Waals surface area contributed by atoms with Crippen molar-refractivity contribution < 1.29 is 13.5 Å². The zero-order chi connectivity index (χ0) is 14.6. The van der Waals surface area contributed by atoms with Crippen LogP contribution in [0.15, 0.2) is 17.0 Å². The number of hydrogen-bond donors (Lipinski definition) is 1. The summed E-state index contributed by atoms with van der Waals surface area (Å²) in [7, 11) is -3.69. The number of rotatable bonds is 6. The fourth-order valence-electron chi connectivity index (χ4n) is 1.76. The van der Waals surface area contributed by atoms with Gasteiger partial charge in [0.2, 0.25) is 10.0 Å². The number of nitrogens with zero attached hydrogens (tertiary/aromatic N) is 1. The summed E-state index contributed by atoms with van der Waals surface area (Å²) in [5, 5.41) is 9.45. The first-order valence-electron chi connectivity index (χ1n) is 5.97. The average Bonchev–Trinajstić information content (AvgIpc) is 2.37. The first kappa shape index (κ1) is 16.7. The molecule has 0 atom stereocenters. The molecule has 0 saturated carbocycles. The highest BCUT2D eigenvalue weighted by atomic mass is 35.5. The van der Waals surface area contributed by atoms with E-state index in [-0.39, 0.29) is 21.5 Å². The third kappa shape index (κ3) is 3.61. The number of halogens is 2. The Kier molecular flexibility index (Phi) is 6.08. The molecule has 7 heteroatoms. The molecule has 0 radical (unpaired) electrons. The molecule has 0 aliphatic carbocycles. The molecule has 1 N–H and O–H groups in total. The quantitative estimate of drug-likeness (QED) is 0.874. The van der Waals surface area contributed by atoms with Crippen molar-refractivity contribution in [1.29, 1.82) is 0 Å². The highest BCUT2D eigenvalue weighted by Gasteiger charge is 2.26. The van der Waals surface area contributed by atoms with Crippen molar-refractivity contribution in [3.63, 3.8) is 0 Å². The summed E-state index contributed by atoms with van der Waals surface area (Å²) < 4.78 is 26.3. The van der Waals surface area contributed by atoms with Crippen LogP contribution in [0.2, 0.25) is 10.0 Å². The summed E-state index contributed by atoms with van der Waals surface area (Å²) in [4.78, 5) is -0.0546. The number of benzene rings is 1. The van der Waals surface area contributed by atoms with Gasteiger partial charge in [-0.3, -0.25) is 0 Å². The van der Waals surface area contributed by atoms with E-state index in [2.05, 4.69) is 0 Å². The Hall–Kier alpha value is -0.330. The van der Waals surface area contributed by atoms with Gasteiger partial charge in [0.1, 0.15) is 4.90 Å². The second kappa shape index (κ2) is 6.90. The molecule has 0 bridgehead atoms. The Morgan fingerprint density at radius 1 is 1.26 bits per heavy atom. The van der Waals surface area contributed by atoms with Gasteiger partial charge in [-0.1, -0.05) is 37.0 Å². The van der Waals surface area contributed by atoms with Crippen molar-refractivity contribution >= 4 is 33.2 Å². The molecule has 0 saturated heterocycles. The molecule has 1 rings (SSSR count). The van der Waals surface area contributed by atoms with Crippen LogP contribution in [-0.4, -0.2) is 30.9 Å². The number of aliphatic hydroxyl groups is 1. The van der Waals surface area contributed by atoms with Crippen LogP contribution < -0.4 is 0 Å². The molecule has 0 amide bonds. The SMILES string of the molecule is CCCN(CC)S(=O)(=O)c1cc(Cl)cc(CO)c1Cl. The van der Waals surface area contributed by atoms with Gasteiger partial charge in [0.05, 0.1) is 11.6 Å². The van der Waals surface area contributed by atoms with Gasteiger partial charge in [-0.25, -0.2) is 8.42 Å². The highest BCUT2D eigenvalue weighted by molar-refractivity contribution is 7.89. The minimum Gasteiger partial charge on any atom is -0.392 e. The smallest absolute Gasteiger partial charge is 0.244 e. The number of sulfonamides is 1. The van der Waals surface area contributed by atoms with Crippen molar-refractivity contribution in [3.8, 4) is 0 Å². The monoisotopic (exact) mass is 325 g/mol. The van der Waals surface area contributed by atoms with E-state index in [0.717, 1.165) is 0 Å². The lowest BCUT2D eigenvalue weighted by Crippen LogP contribution is -2.32. The number of aliphatic hydroxyl groups excluding tert-OH is 1. The Morgan fingerprint density at radius 3 is 2.37 bits per heavy atom. The minimum atomic E-state index is -3.69. The summed E-state index contributed by atoms with van der Waals surface area (Å²) in [6.07, 6.45) is 0.706. The summed E-state index contributed by atoms with van der Waals surface area (Å²) in [5.41, 5.74) is 0.306. The van der Waals surface area contributed by atoms with Gasteiger partial charge in [-0.2, -0.15) is 4.31 Å². The van der Waals surface area contributed by atoms with Gasteiger partial charge in [0.15, 0.2) is 0 Å². The lowest BCUT2D eigenvalue weighted by molar-refractivity contribution is 0.281. The first-order valence-corrected chi connectivity index (χ1v) is 8.17. The van der Waals surface area contributed by atoms with Crippen molar-refractivity contribution in [2.45, 2.75) is 31.8 Å². The van der Waals surface area contributed by atoms with Gasteiger partial charge in [0, 0.05) is 18.1 Å². The second-order valence-electron chi connectivity index (χ2n) is 4.03. The molecular weight excluding hydrogens is 309 g/mol. The van der Waals surface area contributed by atoms with Crippen molar-refractivity contribution in [2.24, 2.45) is 0 Å². The van der Waals surface area contributed by atoms with Gasteiger partial charge >= 0.3 is 0 Å². The van der Waals surface area contributed by atoms with E-state index >= 15 is 0 Å². The summed E-state index contributed by atoms with van der Waals surface area (Å²) in [6.45, 7) is 4.07. The van der Waals surface area contributed by atoms with Crippen LogP contribution in [0.1, 0.15) is 25.8 Å². The zero-order valence-electron chi connectivity index (χ0n) is 10.9. The standard InChI is InChI=1S/C12H17Cl2NO3S/c1-3-5-15(4-2)19(17,18)11-7-10(13)6-9(8-16)12(11)14/h6-7,16H,3-5,8H2,1-2H3. The fraction of sp³-hybridized carbons (Fsp3) is 0.500. The molecule has 0 fully saturated rings. The minimum absolute atomic E-state index is 0.0291. The largest absolute Gasteiger partial charge is 0.392 e. The molecule has 108 valence electrons. The third-order valence-electron chi connectivity index (χ3n) is 2.69. The summed E-state index contributed by atoms with van der Waals surface area (Å²) in [6, 6.07) is 2.77. The lowest BCUT2D eigenvalue weighted by atomic mass is 10.2. The zero-order valence-corrected chi connectivity index (χ0v) is 13.2. The maximum Gasteiger partial charge on any atom is 0.244 e. The van der Waals surface area contributed by atoms with E-state index in [9.17, 15) is 13.5 Å². The molecule has 1 aromatic rings. The van der Waals surface area contributed by atoms with Crippen molar-refractivity contribution in [3.05, 3.63) is 27.7 Å². The number of hydrogen-bond acceptors (Lipinski definition) is 3. The summed E-state index contributed by atoms with van der Waals surface area (Å²) >= 11 is 11.9. The van der Waals surface area contributed by atoms with Gasteiger partial charge in [-0.15, -0.1) is 0 Å². The molecule has 0 aliphatic heterocycles. The maximum absolute atomic E-state index is 12.5. The average molecular weight is 326 g/mol. The molecule has 1 aromatic carbocycles. The van der Waals surface area contributed by atoms with E-state index in [1.807, 2.05) is 6.92 Å². The van der Waals surface area contributed by atoms with E-state index in [1.165, 1.54) is 16.4 Å². The molecule has 0 unspecified atom stereocenters. The van der Waals surface area contributed by atoms with Crippen LogP contribution in [-0.2, 0) is 16.6 Å². The van der Waals surface area contributed by atoms with Gasteiger partial charge in [0.25, 0.3) is 0 Å². The predicted molar refractivity (Wildman–Crippen MR) is 77.1 cm³/mol. The Morgan fingerprint density at radius 2 is 1.89 bits per heavy atom. The Labute approximate surface area is 124 Å². The van der Waals surface area contributed by atoms with Crippen LogP contribution in [0.3, 0.4) is 0 Å². The van der Waals surface area contributed by atoms with Crippen LogP contribution in [0.4, 0.5) is 0 Å². The first-order chi connectivity index (χ1) is 8.88. The van der Waals surface area contributed by atoms with Crippen LogP contribution >= 0.6 is 23.2 Å². The molecular formula is C12H17Cl2NO3S. The molecule has 0 aliphatic rings. The molecule has 4 nitrogen and oxygen atoms in total. The van der Waals surface area contributed by atoms with E-state index in [0.29, 0.717) is 25.1 Å². The molecule has 0 heterocycles. The van der Waals surface area contributed by atoms with E-state index in [1.54, 1.807) is 6.92 Å². The Balaban J connectivity index is 3.39. The van der Waals surface area contributed by atoms with E-state index < -0.39 is 10.0 Å². The van der Waals surface area contributed by atoms with Crippen LogP contribution in [0, 0.1) is 0 Å². The summed E-state index contributed by atoms with van der Waals surface area (Å²) in [5.74, 6) is 0. The fourth-order valence-corrected chi connectivity index (χ4v) is 4.20. The third-order valence-corrected chi connectivity index (χ3v) is 5.47. The van der Waals surface area contributed by atoms with Gasteiger partial charge < -0.3 is 5.11 Å². The molecule has 0 spiro atoms. The Bertz CT molecular complexity index is 546. The van der Waals surface area contributed by atoms with Crippen molar-refractivity contribution in [2.75, 3.05) is 13.1 Å². The van der Waals surface area contributed by atoms with Crippen molar-refractivity contribution in [1.82, 2.24) is 4.31 Å². The topological polar surface area (TPSA) is 57.6 Å². The maximum atomic E-state index is 12.5. The molecule has 19 heavy (non-hydrogen) atoms. The molecule has 0 aromatic heterocycles. The van der Waals surface area contributed by atoms with Crippen LogP contribution in [0.5, 0.6) is 0 Å². The van der Waals surface area contributed by atoms with Gasteiger partial charge in [-0.05, 0) is 24.1 Å². The highest BCUT2D eigenvalue weighted by Crippen LogP contribution is 2.31. The predicted octanol–water partition coefficient (Wildman–Crippen LogP) is 2.91. The lowest BCUT2D eigenvalue weighted by Gasteiger charge is -2.21. The van der Waals surface area contributed by atoms with Crippen LogP contribution in [0.25, 0.3) is 0 Å². The second-order valence-corrected chi connectivity index (χ2v) is 6.75.